The third-order valence-corrected chi connectivity index (χ3v) is 6.18. The first-order chi connectivity index (χ1) is 13.6. The van der Waals surface area contributed by atoms with Gasteiger partial charge in [-0.2, -0.15) is 0 Å². The normalized spacial score (nSPS) is 18.6. The van der Waals surface area contributed by atoms with Gasteiger partial charge in [0.1, 0.15) is 0 Å². The summed E-state index contributed by atoms with van der Waals surface area (Å²) >= 11 is 0. The van der Waals surface area contributed by atoms with Gasteiger partial charge in [0.2, 0.25) is 0 Å². The smallest absolute Gasteiger partial charge is 0.0467 e. The molecule has 0 aliphatic heterocycles. The molecule has 0 bridgehead atoms. The Balaban J connectivity index is 1.55. The lowest BCUT2D eigenvalue weighted by Crippen LogP contribution is -2.14. The highest BCUT2D eigenvalue weighted by Gasteiger charge is 2.36. The average molecular weight is 364 g/mol. The van der Waals surface area contributed by atoms with Crippen LogP contribution >= 0.6 is 0 Å². The Kier molecular flexibility index (Phi) is 3.98. The van der Waals surface area contributed by atoms with Gasteiger partial charge in [-0.15, -0.1) is 0 Å². The van der Waals surface area contributed by atoms with Crippen LogP contribution in [0.25, 0.3) is 11.1 Å². The lowest BCUT2D eigenvalue weighted by molar-refractivity contribution is 0.660. The van der Waals surface area contributed by atoms with Crippen molar-refractivity contribution in [2.24, 2.45) is 0 Å². The molecular weight excluding hydrogens is 338 g/mol. The maximum absolute atomic E-state index is 3.72. The first kappa shape index (κ1) is 17.1. The van der Waals surface area contributed by atoms with E-state index in [9.17, 15) is 0 Å². The fourth-order valence-electron chi connectivity index (χ4n) is 4.69. The number of hydrogen-bond donors (Lipinski definition) is 1. The van der Waals surface area contributed by atoms with E-state index in [1.54, 1.807) is 0 Å². The molecule has 1 heteroatoms. The summed E-state index contributed by atoms with van der Waals surface area (Å²) < 4.78 is 0. The van der Waals surface area contributed by atoms with Crippen molar-refractivity contribution >= 4 is 11.4 Å². The van der Waals surface area contributed by atoms with Crippen LogP contribution in [0.4, 0.5) is 11.4 Å². The van der Waals surface area contributed by atoms with Gasteiger partial charge in [-0.05, 0) is 46.9 Å². The zero-order valence-corrected chi connectivity index (χ0v) is 16.4. The third kappa shape index (κ3) is 2.70. The Bertz CT molecular complexity index is 1100. The maximum atomic E-state index is 3.72. The summed E-state index contributed by atoms with van der Waals surface area (Å²) in [6, 6.07) is 24.3. The molecular formula is C27H25N. The summed E-state index contributed by atoms with van der Waals surface area (Å²) in [5, 5.41) is 3.72. The Morgan fingerprint density at radius 1 is 0.857 bits per heavy atom. The molecule has 0 saturated heterocycles. The molecule has 2 aliphatic rings. The van der Waals surface area contributed by atoms with Crippen LogP contribution in [-0.2, 0) is 5.41 Å². The summed E-state index contributed by atoms with van der Waals surface area (Å²) in [4.78, 5) is 0. The minimum Gasteiger partial charge on any atom is -0.355 e. The average Bonchev–Trinajstić information content (AvgIpc) is 2.97. The fourth-order valence-corrected chi connectivity index (χ4v) is 4.69. The molecule has 0 spiro atoms. The molecule has 0 amide bonds. The number of anilines is 2. The van der Waals surface area contributed by atoms with Crippen LogP contribution < -0.4 is 5.32 Å². The van der Waals surface area contributed by atoms with Crippen molar-refractivity contribution in [2.45, 2.75) is 31.6 Å². The van der Waals surface area contributed by atoms with Crippen molar-refractivity contribution in [2.75, 3.05) is 5.32 Å². The second kappa shape index (κ2) is 6.53. The van der Waals surface area contributed by atoms with E-state index in [0.717, 1.165) is 12.1 Å². The van der Waals surface area contributed by atoms with Crippen molar-refractivity contribution in [1.82, 2.24) is 0 Å². The highest BCUT2D eigenvalue weighted by Crippen LogP contribution is 2.51. The van der Waals surface area contributed by atoms with Gasteiger partial charge >= 0.3 is 0 Å². The molecule has 0 fully saturated rings. The van der Waals surface area contributed by atoms with E-state index < -0.39 is 0 Å². The van der Waals surface area contributed by atoms with Gasteiger partial charge in [0.05, 0.1) is 0 Å². The van der Waals surface area contributed by atoms with E-state index >= 15 is 0 Å². The van der Waals surface area contributed by atoms with Gasteiger partial charge in [0.15, 0.2) is 0 Å². The lowest BCUT2D eigenvalue weighted by Gasteiger charge is -2.21. The molecule has 138 valence electrons. The molecule has 0 aromatic heterocycles. The zero-order valence-electron chi connectivity index (χ0n) is 16.4. The number of hydrogen-bond acceptors (Lipinski definition) is 1. The van der Waals surface area contributed by atoms with Crippen molar-refractivity contribution in [3.63, 3.8) is 0 Å². The van der Waals surface area contributed by atoms with E-state index in [1.807, 2.05) is 0 Å². The van der Waals surface area contributed by atoms with Crippen molar-refractivity contribution in [3.05, 3.63) is 108 Å². The monoisotopic (exact) mass is 363 g/mol. The highest BCUT2D eigenvalue weighted by molar-refractivity contribution is 5.91. The van der Waals surface area contributed by atoms with E-state index in [0.29, 0.717) is 5.92 Å². The number of allylic oxidation sites excluding steroid dienone is 4. The third-order valence-electron chi connectivity index (χ3n) is 6.18. The summed E-state index contributed by atoms with van der Waals surface area (Å²) in [7, 11) is 0. The zero-order chi connectivity index (χ0) is 19.1. The number of nitrogens with one attached hydrogen (secondary N) is 1. The van der Waals surface area contributed by atoms with E-state index in [4.69, 9.17) is 0 Å². The molecule has 1 N–H and O–H groups in total. The standard InChI is InChI=1S/C27H25N/c1-27(2)23-15-7-6-14-22(23)26-24(27)16-9-17-25(26)28-21-13-8-12-20(18-21)19-10-4-3-5-11-19/h3-10,12-19,28H,11H2,1-2H3. The summed E-state index contributed by atoms with van der Waals surface area (Å²) in [6.07, 6.45) is 9.89. The predicted molar refractivity (Wildman–Crippen MR) is 119 cm³/mol. The van der Waals surface area contributed by atoms with Crippen LogP contribution in [0.2, 0.25) is 0 Å². The van der Waals surface area contributed by atoms with Crippen molar-refractivity contribution < 1.29 is 0 Å². The summed E-state index contributed by atoms with van der Waals surface area (Å²) in [5.74, 6) is 0.466. The number of fused-ring (bicyclic) bond motifs is 3. The number of rotatable bonds is 3. The van der Waals surface area contributed by atoms with E-state index in [1.165, 1.54) is 33.5 Å². The van der Waals surface area contributed by atoms with Gasteiger partial charge in [-0.25, -0.2) is 0 Å². The predicted octanol–water partition coefficient (Wildman–Crippen LogP) is 7.34. The van der Waals surface area contributed by atoms with Crippen molar-refractivity contribution in [1.29, 1.82) is 0 Å². The molecule has 0 saturated carbocycles. The molecule has 3 aromatic rings. The molecule has 28 heavy (non-hydrogen) atoms. The summed E-state index contributed by atoms with van der Waals surface area (Å²) in [5.41, 5.74) is 9.23. The first-order valence-corrected chi connectivity index (χ1v) is 10.1. The molecule has 0 radical (unpaired) electrons. The Labute approximate surface area is 167 Å². The molecule has 1 unspecified atom stereocenters. The summed E-state index contributed by atoms with van der Waals surface area (Å²) in [6.45, 7) is 4.65. The first-order valence-electron chi connectivity index (χ1n) is 10.1. The van der Waals surface area contributed by atoms with Gasteiger partial charge in [-0.1, -0.05) is 86.7 Å². The van der Waals surface area contributed by atoms with Crippen LogP contribution in [0.1, 0.15) is 42.9 Å². The largest absolute Gasteiger partial charge is 0.355 e. The van der Waals surface area contributed by atoms with Gasteiger partial charge < -0.3 is 5.32 Å². The van der Waals surface area contributed by atoms with Crippen LogP contribution in [0.5, 0.6) is 0 Å². The lowest BCUT2D eigenvalue weighted by atomic mass is 9.82. The minimum atomic E-state index is 0.0324. The Morgan fingerprint density at radius 3 is 2.54 bits per heavy atom. The maximum Gasteiger partial charge on any atom is 0.0467 e. The molecule has 2 aliphatic carbocycles. The minimum absolute atomic E-state index is 0.0324. The Morgan fingerprint density at radius 2 is 1.68 bits per heavy atom. The van der Waals surface area contributed by atoms with Crippen molar-refractivity contribution in [3.8, 4) is 11.1 Å². The van der Waals surface area contributed by atoms with Gasteiger partial charge in [0, 0.05) is 28.3 Å². The van der Waals surface area contributed by atoms with Crippen LogP contribution in [0.3, 0.4) is 0 Å². The van der Waals surface area contributed by atoms with Crippen LogP contribution in [0, 0.1) is 0 Å². The fraction of sp³-hybridized carbons (Fsp3) is 0.185. The second-order valence-electron chi connectivity index (χ2n) is 8.30. The number of benzene rings is 3. The topological polar surface area (TPSA) is 12.0 Å². The van der Waals surface area contributed by atoms with Crippen LogP contribution in [-0.4, -0.2) is 0 Å². The van der Waals surface area contributed by atoms with Crippen LogP contribution in [0.15, 0.2) is 91.0 Å². The Hall–Kier alpha value is -3.06. The molecule has 0 heterocycles. The molecule has 1 atom stereocenters. The van der Waals surface area contributed by atoms with Gasteiger partial charge in [-0.3, -0.25) is 0 Å². The quantitative estimate of drug-likeness (QED) is 0.513. The van der Waals surface area contributed by atoms with Gasteiger partial charge in [0.25, 0.3) is 0 Å². The SMILES string of the molecule is CC1(C)c2ccccc2-c2c(Nc3cccc(C4C=CC=CC4)c3)cccc21. The molecule has 3 aromatic carbocycles. The highest BCUT2D eigenvalue weighted by atomic mass is 14.9. The second-order valence-corrected chi connectivity index (χ2v) is 8.30. The van der Waals surface area contributed by atoms with E-state index in [2.05, 4.69) is 110 Å². The molecule has 1 nitrogen and oxygen atoms in total. The molecule has 5 rings (SSSR count). The van der Waals surface area contributed by atoms with E-state index in [-0.39, 0.29) is 5.41 Å².